The molecule has 1 amide bonds. The number of fused-ring (bicyclic) bond motifs is 1. The van der Waals surface area contributed by atoms with Gasteiger partial charge in [-0.2, -0.15) is 5.10 Å². The molecule has 3 aromatic carbocycles. The Morgan fingerprint density at radius 3 is 2.51 bits per heavy atom. The Bertz CT molecular complexity index is 1360. The third kappa shape index (κ3) is 5.43. The molecule has 3 heterocycles. The molecular weight excluding hydrogens is 462 g/mol. The van der Waals surface area contributed by atoms with Gasteiger partial charge in [0, 0.05) is 67.8 Å². The minimum absolute atomic E-state index is 0.132. The summed E-state index contributed by atoms with van der Waals surface area (Å²) in [6.07, 6.45) is 3.03. The minimum Gasteiger partial charge on any atom is -0.378 e. The normalized spacial score (nSPS) is 15.8. The van der Waals surface area contributed by atoms with Gasteiger partial charge in [-0.25, -0.2) is 4.68 Å². The third-order valence-corrected chi connectivity index (χ3v) is 7.06. The molecule has 37 heavy (non-hydrogen) atoms. The van der Waals surface area contributed by atoms with Crippen LogP contribution in [0.4, 0.5) is 11.4 Å². The summed E-state index contributed by atoms with van der Waals surface area (Å²) >= 11 is 0. The summed E-state index contributed by atoms with van der Waals surface area (Å²) in [5.74, 6) is -0.132. The van der Waals surface area contributed by atoms with Crippen molar-refractivity contribution in [2.75, 3.05) is 43.1 Å². The third-order valence-electron chi connectivity index (χ3n) is 7.06. The number of nitrogens with zero attached hydrogens (tertiary/aromatic N) is 4. The number of carbonyl (C=O) groups is 1. The van der Waals surface area contributed by atoms with Gasteiger partial charge in [-0.15, -0.1) is 0 Å². The van der Waals surface area contributed by atoms with Crippen LogP contribution in [0.2, 0.25) is 0 Å². The number of nitrogens with one attached hydrogen (secondary N) is 1. The van der Waals surface area contributed by atoms with Gasteiger partial charge in [0.25, 0.3) is 5.91 Å². The van der Waals surface area contributed by atoms with E-state index < -0.39 is 0 Å². The summed E-state index contributed by atoms with van der Waals surface area (Å²) in [6, 6.07) is 26.2. The van der Waals surface area contributed by atoms with Crippen molar-refractivity contribution < 1.29 is 9.53 Å². The molecular formula is C30H31N5O2. The van der Waals surface area contributed by atoms with Crippen LogP contribution < -0.4 is 10.2 Å². The number of rotatable bonds is 6. The van der Waals surface area contributed by atoms with Gasteiger partial charge < -0.3 is 15.0 Å². The first kappa shape index (κ1) is 23.5. The van der Waals surface area contributed by atoms with Crippen LogP contribution in [0.15, 0.2) is 85.1 Å². The molecule has 1 fully saturated rings. The van der Waals surface area contributed by atoms with Crippen LogP contribution in [0.5, 0.6) is 0 Å². The lowest BCUT2D eigenvalue weighted by molar-refractivity contribution is 0.102. The van der Waals surface area contributed by atoms with Gasteiger partial charge in [0.2, 0.25) is 0 Å². The number of hydrogen-bond acceptors (Lipinski definition) is 5. The molecule has 7 heteroatoms. The average molecular weight is 494 g/mol. The molecule has 7 nitrogen and oxygen atoms in total. The highest BCUT2D eigenvalue weighted by molar-refractivity contribution is 6.04. The fourth-order valence-corrected chi connectivity index (χ4v) is 5.05. The van der Waals surface area contributed by atoms with Crippen molar-refractivity contribution in [1.29, 1.82) is 0 Å². The fraction of sp³-hybridized carbons (Fsp3) is 0.267. The molecule has 0 bridgehead atoms. The van der Waals surface area contributed by atoms with Gasteiger partial charge in [0.15, 0.2) is 0 Å². The largest absolute Gasteiger partial charge is 0.378 e. The Morgan fingerprint density at radius 2 is 1.70 bits per heavy atom. The first-order valence-corrected chi connectivity index (χ1v) is 12.9. The Hall–Kier alpha value is -3.94. The predicted molar refractivity (Wildman–Crippen MR) is 145 cm³/mol. The van der Waals surface area contributed by atoms with Crippen LogP contribution in [-0.2, 0) is 24.2 Å². The molecule has 0 atom stereocenters. The number of ether oxygens (including phenoxy) is 1. The van der Waals surface area contributed by atoms with Gasteiger partial charge in [0.1, 0.15) is 0 Å². The van der Waals surface area contributed by atoms with Crippen molar-refractivity contribution in [3.8, 4) is 5.69 Å². The van der Waals surface area contributed by atoms with E-state index in [1.54, 1.807) is 0 Å². The highest BCUT2D eigenvalue weighted by Gasteiger charge is 2.20. The Morgan fingerprint density at radius 1 is 0.892 bits per heavy atom. The summed E-state index contributed by atoms with van der Waals surface area (Å²) in [5, 5.41) is 7.87. The smallest absolute Gasteiger partial charge is 0.255 e. The van der Waals surface area contributed by atoms with E-state index in [-0.39, 0.29) is 5.91 Å². The van der Waals surface area contributed by atoms with E-state index in [1.807, 2.05) is 53.2 Å². The van der Waals surface area contributed by atoms with E-state index >= 15 is 0 Å². The lowest BCUT2D eigenvalue weighted by atomic mass is 10.1. The number of aromatic nitrogens is 2. The van der Waals surface area contributed by atoms with E-state index in [9.17, 15) is 4.79 Å². The van der Waals surface area contributed by atoms with Gasteiger partial charge in [-0.1, -0.05) is 36.4 Å². The van der Waals surface area contributed by atoms with Crippen molar-refractivity contribution in [3.05, 3.63) is 107 Å². The SMILES string of the molecule is O=C(Nc1ccc(N2CCOCC2)cc1)c1cccc(-n2cc3c(n2)CCN(Cc2ccccc2)C3)c1. The van der Waals surface area contributed by atoms with E-state index in [1.165, 1.54) is 11.1 Å². The first-order valence-electron chi connectivity index (χ1n) is 12.9. The standard InChI is InChI=1S/C30H31N5O2/c36-30(31-26-9-11-27(12-10-26)34-15-17-37-18-16-34)24-7-4-8-28(19-24)35-22-25-21-33(14-13-29(25)32-35)20-23-5-2-1-3-6-23/h1-12,19,22H,13-18,20-21H2,(H,31,36). The zero-order valence-electron chi connectivity index (χ0n) is 20.8. The molecule has 1 aromatic heterocycles. The van der Waals surface area contributed by atoms with Crippen molar-refractivity contribution in [3.63, 3.8) is 0 Å². The second-order valence-electron chi connectivity index (χ2n) is 9.64. The molecule has 0 aliphatic carbocycles. The van der Waals surface area contributed by atoms with Gasteiger partial charge in [0.05, 0.1) is 24.6 Å². The van der Waals surface area contributed by atoms with Crippen LogP contribution in [-0.4, -0.2) is 53.4 Å². The van der Waals surface area contributed by atoms with E-state index in [4.69, 9.17) is 9.84 Å². The van der Waals surface area contributed by atoms with Crippen LogP contribution in [0.1, 0.15) is 27.2 Å². The summed E-state index contributed by atoms with van der Waals surface area (Å²) in [7, 11) is 0. The number of hydrogen-bond donors (Lipinski definition) is 1. The molecule has 0 radical (unpaired) electrons. The quantitative estimate of drug-likeness (QED) is 0.428. The second kappa shape index (κ2) is 10.6. The average Bonchev–Trinajstić information content (AvgIpc) is 3.38. The Labute approximate surface area is 217 Å². The summed E-state index contributed by atoms with van der Waals surface area (Å²) in [5.41, 5.74) is 7.13. The topological polar surface area (TPSA) is 62.6 Å². The van der Waals surface area contributed by atoms with Crippen LogP contribution in [0.3, 0.4) is 0 Å². The molecule has 0 unspecified atom stereocenters. The van der Waals surface area contributed by atoms with Crippen molar-refractivity contribution >= 4 is 17.3 Å². The molecule has 4 aromatic rings. The van der Waals surface area contributed by atoms with E-state index in [2.05, 4.69) is 51.6 Å². The minimum atomic E-state index is -0.132. The number of morpholine rings is 1. The van der Waals surface area contributed by atoms with Gasteiger partial charge in [-0.05, 0) is 48.0 Å². The van der Waals surface area contributed by atoms with Crippen LogP contribution >= 0.6 is 0 Å². The number of anilines is 2. The summed E-state index contributed by atoms with van der Waals surface area (Å²) in [4.78, 5) is 17.8. The molecule has 2 aliphatic heterocycles. The second-order valence-corrected chi connectivity index (χ2v) is 9.64. The van der Waals surface area contributed by atoms with Crippen molar-refractivity contribution in [1.82, 2.24) is 14.7 Å². The maximum Gasteiger partial charge on any atom is 0.255 e. The summed E-state index contributed by atoms with van der Waals surface area (Å²) < 4.78 is 7.34. The van der Waals surface area contributed by atoms with E-state index in [0.717, 1.165) is 75.1 Å². The van der Waals surface area contributed by atoms with E-state index in [0.29, 0.717) is 5.56 Å². The van der Waals surface area contributed by atoms with Crippen molar-refractivity contribution in [2.45, 2.75) is 19.5 Å². The van der Waals surface area contributed by atoms with Gasteiger partial charge in [-0.3, -0.25) is 9.69 Å². The summed E-state index contributed by atoms with van der Waals surface area (Å²) in [6.45, 7) is 6.09. The molecule has 2 aliphatic rings. The first-order chi connectivity index (χ1) is 18.2. The zero-order chi connectivity index (χ0) is 25.0. The Kier molecular flexibility index (Phi) is 6.71. The monoisotopic (exact) mass is 493 g/mol. The molecule has 0 saturated carbocycles. The fourth-order valence-electron chi connectivity index (χ4n) is 5.05. The van der Waals surface area contributed by atoms with Crippen LogP contribution in [0.25, 0.3) is 5.69 Å². The maximum absolute atomic E-state index is 13.0. The Balaban J connectivity index is 1.12. The molecule has 0 spiro atoms. The molecule has 188 valence electrons. The van der Waals surface area contributed by atoms with Crippen molar-refractivity contribution in [2.24, 2.45) is 0 Å². The van der Waals surface area contributed by atoms with Crippen LogP contribution in [0, 0.1) is 0 Å². The number of amides is 1. The highest BCUT2D eigenvalue weighted by atomic mass is 16.5. The number of benzene rings is 3. The lowest BCUT2D eigenvalue weighted by Gasteiger charge is -2.28. The lowest BCUT2D eigenvalue weighted by Crippen LogP contribution is -2.36. The predicted octanol–water partition coefficient (Wildman–Crippen LogP) is 4.52. The highest BCUT2D eigenvalue weighted by Crippen LogP contribution is 2.23. The maximum atomic E-state index is 13.0. The zero-order valence-corrected chi connectivity index (χ0v) is 20.8. The molecule has 1 N–H and O–H groups in total. The molecule has 6 rings (SSSR count). The van der Waals surface area contributed by atoms with Gasteiger partial charge >= 0.3 is 0 Å². The molecule has 1 saturated heterocycles. The number of carbonyl (C=O) groups excluding carboxylic acids is 1.